The summed E-state index contributed by atoms with van der Waals surface area (Å²) in [6.07, 6.45) is 6.75. The number of nitrogens with one attached hydrogen (secondary N) is 2. The van der Waals surface area contributed by atoms with E-state index in [2.05, 4.69) is 38.0 Å². The van der Waals surface area contributed by atoms with Gasteiger partial charge in [0.1, 0.15) is 0 Å². The third-order valence-electron chi connectivity index (χ3n) is 3.88. The molecule has 0 spiro atoms. The van der Waals surface area contributed by atoms with Crippen LogP contribution in [0.3, 0.4) is 0 Å². The minimum atomic E-state index is 0.851. The third-order valence-corrected chi connectivity index (χ3v) is 4.75. The fourth-order valence-corrected chi connectivity index (χ4v) is 3.32. The van der Waals surface area contributed by atoms with Crippen molar-refractivity contribution >= 4 is 17.3 Å². The van der Waals surface area contributed by atoms with Gasteiger partial charge in [-0.05, 0) is 50.3 Å². The predicted octanol–water partition coefficient (Wildman–Crippen LogP) is 2.68. The first-order valence-corrected chi connectivity index (χ1v) is 8.95. The van der Waals surface area contributed by atoms with Crippen molar-refractivity contribution in [2.24, 2.45) is 4.99 Å². The van der Waals surface area contributed by atoms with Gasteiger partial charge in [-0.25, -0.2) is 0 Å². The molecule has 2 heterocycles. The lowest BCUT2D eigenvalue weighted by atomic mass is 10.2. The van der Waals surface area contributed by atoms with Gasteiger partial charge in [0.2, 0.25) is 0 Å². The van der Waals surface area contributed by atoms with Crippen LogP contribution in [-0.4, -0.2) is 44.1 Å². The maximum absolute atomic E-state index is 4.27. The third kappa shape index (κ3) is 6.48. The van der Waals surface area contributed by atoms with Crippen molar-refractivity contribution in [3.8, 4) is 0 Å². The Hall–Kier alpha value is -1.07. The van der Waals surface area contributed by atoms with Gasteiger partial charge in [-0.3, -0.25) is 4.99 Å². The Morgan fingerprint density at radius 2 is 2.05 bits per heavy atom. The summed E-state index contributed by atoms with van der Waals surface area (Å²) in [5.41, 5.74) is 0. The average Bonchev–Trinajstić information content (AvgIpc) is 2.89. The Morgan fingerprint density at radius 3 is 2.71 bits per heavy atom. The Labute approximate surface area is 132 Å². The number of rotatable bonds is 6. The van der Waals surface area contributed by atoms with Gasteiger partial charge < -0.3 is 15.5 Å². The fraction of sp³-hybridized carbons (Fsp3) is 0.688. The maximum atomic E-state index is 4.27. The molecular formula is C16H28N4S. The molecule has 2 rings (SSSR count). The summed E-state index contributed by atoms with van der Waals surface area (Å²) in [5, 5.41) is 8.87. The predicted molar refractivity (Wildman–Crippen MR) is 92.0 cm³/mol. The fourth-order valence-electron chi connectivity index (χ4n) is 2.67. The molecule has 1 saturated heterocycles. The summed E-state index contributed by atoms with van der Waals surface area (Å²) in [5.74, 6) is 0.902. The zero-order chi connectivity index (χ0) is 14.8. The summed E-state index contributed by atoms with van der Waals surface area (Å²) >= 11 is 1.77. The summed E-state index contributed by atoms with van der Waals surface area (Å²) in [7, 11) is 1.83. The molecule has 0 atom stereocenters. The van der Waals surface area contributed by atoms with E-state index in [9.17, 15) is 0 Å². The maximum Gasteiger partial charge on any atom is 0.191 e. The number of thiophene rings is 1. The van der Waals surface area contributed by atoms with Crippen LogP contribution < -0.4 is 10.6 Å². The van der Waals surface area contributed by atoms with Crippen molar-refractivity contribution in [3.63, 3.8) is 0 Å². The van der Waals surface area contributed by atoms with Crippen LogP contribution in [0.15, 0.2) is 22.5 Å². The first kappa shape index (κ1) is 16.3. The minimum Gasteiger partial charge on any atom is -0.356 e. The standard InChI is InChI=1S/C16H28N4S/c1-17-16(19-14-15-8-6-13-21-15)18-9-7-12-20-10-4-2-3-5-11-20/h6,8,13H,2-5,7,9-12,14H2,1H3,(H2,17,18,19). The molecule has 1 aliphatic heterocycles. The molecule has 1 aromatic rings. The van der Waals surface area contributed by atoms with E-state index in [0.717, 1.165) is 19.0 Å². The topological polar surface area (TPSA) is 39.7 Å². The Kier molecular flexibility index (Phi) is 7.60. The van der Waals surface area contributed by atoms with Crippen LogP contribution in [0.5, 0.6) is 0 Å². The quantitative estimate of drug-likeness (QED) is 0.482. The van der Waals surface area contributed by atoms with Gasteiger partial charge in [-0.15, -0.1) is 11.3 Å². The average molecular weight is 308 g/mol. The summed E-state index contributed by atoms with van der Waals surface area (Å²) < 4.78 is 0. The molecule has 1 aromatic heterocycles. The van der Waals surface area contributed by atoms with Gasteiger partial charge >= 0.3 is 0 Å². The Balaban J connectivity index is 1.57. The van der Waals surface area contributed by atoms with E-state index in [1.54, 1.807) is 11.3 Å². The normalized spacial score (nSPS) is 17.5. The van der Waals surface area contributed by atoms with Gasteiger partial charge in [-0.2, -0.15) is 0 Å². The summed E-state index contributed by atoms with van der Waals surface area (Å²) in [6, 6.07) is 4.23. The van der Waals surface area contributed by atoms with Gasteiger partial charge in [0.15, 0.2) is 5.96 Å². The molecule has 1 aliphatic rings. The number of hydrogen-bond donors (Lipinski definition) is 2. The molecule has 0 aliphatic carbocycles. The molecule has 2 N–H and O–H groups in total. The Bertz CT molecular complexity index is 394. The molecule has 0 radical (unpaired) electrons. The van der Waals surface area contributed by atoms with Gasteiger partial charge in [0.05, 0.1) is 6.54 Å². The monoisotopic (exact) mass is 308 g/mol. The number of guanidine groups is 1. The molecule has 1 fully saturated rings. The van der Waals surface area contributed by atoms with Gasteiger partial charge in [-0.1, -0.05) is 18.9 Å². The second kappa shape index (κ2) is 9.79. The zero-order valence-corrected chi connectivity index (χ0v) is 13.9. The van der Waals surface area contributed by atoms with E-state index in [1.807, 2.05) is 7.05 Å². The highest BCUT2D eigenvalue weighted by Gasteiger charge is 2.08. The van der Waals surface area contributed by atoms with Crippen molar-refractivity contribution in [2.75, 3.05) is 33.2 Å². The van der Waals surface area contributed by atoms with Crippen LogP contribution in [0.4, 0.5) is 0 Å². The van der Waals surface area contributed by atoms with Crippen LogP contribution in [0.25, 0.3) is 0 Å². The molecule has 0 aromatic carbocycles. The molecule has 0 bridgehead atoms. The minimum absolute atomic E-state index is 0.851. The van der Waals surface area contributed by atoms with Crippen molar-refractivity contribution in [1.29, 1.82) is 0 Å². The van der Waals surface area contributed by atoms with E-state index < -0.39 is 0 Å². The van der Waals surface area contributed by atoms with E-state index in [1.165, 1.54) is 56.6 Å². The van der Waals surface area contributed by atoms with Crippen molar-refractivity contribution in [2.45, 2.75) is 38.6 Å². The van der Waals surface area contributed by atoms with Gasteiger partial charge in [0, 0.05) is 18.5 Å². The first-order chi connectivity index (χ1) is 10.4. The van der Waals surface area contributed by atoms with Crippen LogP contribution in [0, 0.1) is 0 Å². The second-order valence-corrected chi connectivity index (χ2v) is 6.57. The highest BCUT2D eigenvalue weighted by molar-refractivity contribution is 7.09. The van der Waals surface area contributed by atoms with Crippen LogP contribution in [-0.2, 0) is 6.54 Å². The molecule has 4 nitrogen and oxygen atoms in total. The molecule has 0 saturated carbocycles. The van der Waals surface area contributed by atoms with Crippen molar-refractivity contribution in [3.05, 3.63) is 22.4 Å². The lowest BCUT2D eigenvalue weighted by Gasteiger charge is -2.20. The van der Waals surface area contributed by atoms with E-state index in [0.29, 0.717) is 0 Å². The Morgan fingerprint density at radius 1 is 1.24 bits per heavy atom. The zero-order valence-electron chi connectivity index (χ0n) is 13.1. The lowest BCUT2D eigenvalue weighted by Crippen LogP contribution is -2.38. The molecule has 0 unspecified atom stereocenters. The number of likely N-dealkylation sites (tertiary alicyclic amines) is 1. The van der Waals surface area contributed by atoms with Gasteiger partial charge in [0.25, 0.3) is 0 Å². The lowest BCUT2D eigenvalue weighted by molar-refractivity contribution is 0.282. The van der Waals surface area contributed by atoms with E-state index in [-0.39, 0.29) is 0 Å². The van der Waals surface area contributed by atoms with E-state index in [4.69, 9.17) is 0 Å². The summed E-state index contributed by atoms with van der Waals surface area (Å²) in [4.78, 5) is 8.22. The molecule has 0 amide bonds. The van der Waals surface area contributed by atoms with Crippen molar-refractivity contribution < 1.29 is 0 Å². The highest BCUT2D eigenvalue weighted by Crippen LogP contribution is 2.09. The number of aliphatic imine (C=N–C) groups is 1. The largest absolute Gasteiger partial charge is 0.356 e. The number of nitrogens with zero attached hydrogens (tertiary/aromatic N) is 2. The van der Waals surface area contributed by atoms with E-state index >= 15 is 0 Å². The smallest absolute Gasteiger partial charge is 0.191 e. The molecule has 21 heavy (non-hydrogen) atoms. The van der Waals surface area contributed by atoms with Crippen LogP contribution in [0.1, 0.15) is 37.0 Å². The SMILES string of the molecule is CN=C(NCCCN1CCCCCC1)NCc1cccs1. The molecule has 118 valence electrons. The van der Waals surface area contributed by atoms with Crippen LogP contribution >= 0.6 is 11.3 Å². The second-order valence-electron chi connectivity index (χ2n) is 5.54. The number of hydrogen-bond acceptors (Lipinski definition) is 3. The van der Waals surface area contributed by atoms with Crippen molar-refractivity contribution in [1.82, 2.24) is 15.5 Å². The molecular weight excluding hydrogens is 280 g/mol. The highest BCUT2D eigenvalue weighted by atomic mass is 32.1. The molecule has 5 heteroatoms. The van der Waals surface area contributed by atoms with Crippen LogP contribution in [0.2, 0.25) is 0 Å². The first-order valence-electron chi connectivity index (χ1n) is 8.08. The summed E-state index contributed by atoms with van der Waals surface area (Å²) in [6.45, 7) is 5.61.